The van der Waals surface area contributed by atoms with Gasteiger partial charge in [0.25, 0.3) is 5.88 Å². The van der Waals surface area contributed by atoms with Crippen LogP contribution in [0.1, 0.15) is 0 Å². The van der Waals surface area contributed by atoms with Crippen molar-refractivity contribution in [3.8, 4) is 28.6 Å². The van der Waals surface area contributed by atoms with Crippen LogP contribution in [0.15, 0.2) is 36.8 Å². The lowest BCUT2D eigenvalue weighted by Gasteiger charge is -2.08. The Bertz CT molecular complexity index is 761. The molecule has 2 aromatic heterocycles. The molecule has 6 heteroatoms. The fraction of sp³-hybridized carbons (Fsp3) is 0.200. The zero-order chi connectivity index (χ0) is 14.8. The third-order valence-corrected chi connectivity index (χ3v) is 3.24. The van der Waals surface area contributed by atoms with Crippen molar-refractivity contribution in [3.05, 3.63) is 36.8 Å². The molecule has 108 valence electrons. The largest absolute Gasteiger partial charge is 0.497 e. The van der Waals surface area contributed by atoms with Gasteiger partial charge in [0.2, 0.25) is 5.65 Å². The molecular formula is C15H15N3O3. The zero-order valence-electron chi connectivity index (χ0n) is 12.0. The minimum absolute atomic E-state index is 0.485. The predicted molar refractivity (Wildman–Crippen MR) is 78.1 cm³/mol. The maximum Gasteiger partial charge on any atom is 0.258 e. The van der Waals surface area contributed by atoms with Crippen LogP contribution in [-0.2, 0) is 0 Å². The van der Waals surface area contributed by atoms with Gasteiger partial charge in [-0.05, 0) is 12.1 Å². The number of nitrogens with zero attached hydrogens (tertiary/aromatic N) is 3. The summed E-state index contributed by atoms with van der Waals surface area (Å²) in [5.74, 6) is 1.93. The van der Waals surface area contributed by atoms with Crippen molar-refractivity contribution >= 4 is 5.65 Å². The van der Waals surface area contributed by atoms with Gasteiger partial charge in [-0.25, -0.2) is 9.97 Å². The molecule has 0 aliphatic heterocycles. The number of aromatic nitrogens is 3. The molecular weight excluding hydrogens is 270 g/mol. The highest BCUT2D eigenvalue weighted by Gasteiger charge is 2.12. The highest BCUT2D eigenvalue weighted by molar-refractivity contribution is 5.68. The summed E-state index contributed by atoms with van der Waals surface area (Å²) >= 11 is 0. The van der Waals surface area contributed by atoms with Crippen LogP contribution in [0.3, 0.4) is 0 Å². The van der Waals surface area contributed by atoms with Gasteiger partial charge in [-0.1, -0.05) is 0 Å². The minimum atomic E-state index is 0.485. The molecule has 0 spiro atoms. The summed E-state index contributed by atoms with van der Waals surface area (Å²) in [7, 11) is 4.82. The van der Waals surface area contributed by atoms with Gasteiger partial charge in [0.1, 0.15) is 11.5 Å². The first-order chi connectivity index (χ1) is 10.3. The Morgan fingerprint density at radius 1 is 0.905 bits per heavy atom. The van der Waals surface area contributed by atoms with E-state index in [0.717, 1.165) is 22.8 Å². The number of hydrogen-bond acceptors (Lipinski definition) is 5. The Labute approximate surface area is 121 Å². The predicted octanol–water partition coefficient (Wildman–Crippen LogP) is 2.42. The standard InChI is InChI=1S/C15H15N3O3/c1-19-11-6-10(7-12(8-11)20-2)13-9-17-14-15(21-3)16-4-5-18(13)14/h4-9H,1-3H3. The third-order valence-electron chi connectivity index (χ3n) is 3.24. The second kappa shape index (κ2) is 5.32. The monoisotopic (exact) mass is 285 g/mol. The number of imidazole rings is 1. The van der Waals surface area contributed by atoms with Gasteiger partial charge < -0.3 is 14.2 Å². The van der Waals surface area contributed by atoms with E-state index in [9.17, 15) is 0 Å². The summed E-state index contributed by atoms with van der Waals surface area (Å²) in [5, 5.41) is 0. The second-order valence-corrected chi connectivity index (χ2v) is 4.37. The third kappa shape index (κ3) is 2.24. The number of fused-ring (bicyclic) bond motifs is 1. The lowest BCUT2D eigenvalue weighted by atomic mass is 10.1. The van der Waals surface area contributed by atoms with E-state index in [2.05, 4.69) is 9.97 Å². The molecule has 0 saturated heterocycles. The molecule has 1 aromatic carbocycles. The molecule has 0 radical (unpaired) electrons. The van der Waals surface area contributed by atoms with Crippen LogP contribution in [-0.4, -0.2) is 35.7 Å². The lowest BCUT2D eigenvalue weighted by molar-refractivity contribution is 0.394. The van der Waals surface area contributed by atoms with E-state index in [1.165, 1.54) is 0 Å². The molecule has 21 heavy (non-hydrogen) atoms. The normalized spacial score (nSPS) is 10.6. The van der Waals surface area contributed by atoms with Gasteiger partial charge in [-0.3, -0.25) is 4.40 Å². The van der Waals surface area contributed by atoms with Crippen molar-refractivity contribution in [3.63, 3.8) is 0 Å². The molecule has 3 rings (SSSR count). The van der Waals surface area contributed by atoms with Crippen LogP contribution in [0.25, 0.3) is 16.9 Å². The van der Waals surface area contributed by atoms with E-state index in [1.54, 1.807) is 33.7 Å². The Kier molecular flexibility index (Phi) is 3.35. The van der Waals surface area contributed by atoms with Crippen LogP contribution in [0.2, 0.25) is 0 Å². The number of benzene rings is 1. The molecule has 0 N–H and O–H groups in total. The van der Waals surface area contributed by atoms with E-state index in [-0.39, 0.29) is 0 Å². The molecule has 0 fully saturated rings. The van der Waals surface area contributed by atoms with E-state index in [1.807, 2.05) is 28.8 Å². The Morgan fingerprint density at radius 3 is 2.24 bits per heavy atom. The summed E-state index contributed by atoms with van der Waals surface area (Å²) in [6, 6.07) is 5.69. The van der Waals surface area contributed by atoms with Crippen LogP contribution in [0, 0.1) is 0 Å². The van der Waals surface area contributed by atoms with Gasteiger partial charge in [0, 0.05) is 24.0 Å². The Morgan fingerprint density at radius 2 is 1.62 bits per heavy atom. The quantitative estimate of drug-likeness (QED) is 0.737. The maximum absolute atomic E-state index is 5.31. The zero-order valence-corrected chi connectivity index (χ0v) is 12.0. The topological polar surface area (TPSA) is 57.9 Å². The van der Waals surface area contributed by atoms with E-state index < -0.39 is 0 Å². The first-order valence-corrected chi connectivity index (χ1v) is 6.36. The number of rotatable bonds is 4. The van der Waals surface area contributed by atoms with Crippen molar-refractivity contribution in [2.75, 3.05) is 21.3 Å². The molecule has 2 heterocycles. The average molecular weight is 285 g/mol. The fourth-order valence-corrected chi connectivity index (χ4v) is 2.21. The van der Waals surface area contributed by atoms with Crippen molar-refractivity contribution in [2.24, 2.45) is 0 Å². The van der Waals surface area contributed by atoms with Gasteiger partial charge in [0.15, 0.2) is 0 Å². The van der Waals surface area contributed by atoms with Gasteiger partial charge in [0.05, 0.1) is 33.2 Å². The lowest BCUT2D eigenvalue weighted by Crippen LogP contribution is -1.95. The van der Waals surface area contributed by atoms with Crippen molar-refractivity contribution < 1.29 is 14.2 Å². The average Bonchev–Trinajstić information content (AvgIpc) is 2.98. The summed E-state index contributed by atoms with van der Waals surface area (Å²) < 4.78 is 17.8. The number of ether oxygens (including phenoxy) is 3. The summed E-state index contributed by atoms with van der Waals surface area (Å²) in [4.78, 5) is 8.52. The van der Waals surface area contributed by atoms with E-state index in [4.69, 9.17) is 14.2 Å². The molecule has 0 amide bonds. The summed E-state index contributed by atoms with van der Waals surface area (Å²) in [5.41, 5.74) is 2.51. The van der Waals surface area contributed by atoms with Gasteiger partial charge in [-0.15, -0.1) is 0 Å². The first-order valence-electron chi connectivity index (χ1n) is 6.36. The van der Waals surface area contributed by atoms with E-state index >= 15 is 0 Å². The van der Waals surface area contributed by atoms with Crippen molar-refractivity contribution in [2.45, 2.75) is 0 Å². The Hall–Kier alpha value is -2.76. The minimum Gasteiger partial charge on any atom is -0.497 e. The molecule has 0 aliphatic carbocycles. The van der Waals surface area contributed by atoms with Crippen molar-refractivity contribution in [1.82, 2.24) is 14.4 Å². The molecule has 0 atom stereocenters. The van der Waals surface area contributed by atoms with E-state index in [0.29, 0.717) is 11.5 Å². The van der Waals surface area contributed by atoms with Crippen LogP contribution in [0.5, 0.6) is 17.4 Å². The Balaban J connectivity index is 2.21. The molecule has 3 aromatic rings. The molecule has 0 saturated carbocycles. The molecule has 0 bridgehead atoms. The highest BCUT2D eigenvalue weighted by Crippen LogP contribution is 2.31. The molecule has 0 unspecified atom stereocenters. The van der Waals surface area contributed by atoms with Crippen molar-refractivity contribution in [1.29, 1.82) is 0 Å². The summed E-state index contributed by atoms with van der Waals surface area (Å²) in [6.45, 7) is 0. The second-order valence-electron chi connectivity index (χ2n) is 4.37. The number of hydrogen-bond donors (Lipinski definition) is 0. The van der Waals surface area contributed by atoms with Gasteiger partial charge >= 0.3 is 0 Å². The molecule has 6 nitrogen and oxygen atoms in total. The highest BCUT2D eigenvalue weighted by atomic mass is 16.5. The molecule has 0 aliphatic rings. The number of methoxy groups -OCH3 is 3. The van der Waals surface area contributed by atoms with Crippen LogP contribution in [0.4, 0.5) is 0 Å². The smallest absolute Gasteiger partial charge is 0.258 e. The maximum atomic E-state index is 5.31. The van der Waals surface area contributed by atoms with Crippen LogP contribution >= 0.6 is 0 Å². The first kappa shape index (κ1) is 13.2. The fourth-order valence-electron chi connectivity index (χ4n) is 2.21. The van der Waals surface area contributed by atoms with Gasteiger partial charge in [-0.2, -0.15) is 0 Å². The SMILES string of the molecule is COc1cc(OC)cc(-c2cnc3c(OC)nccn23)c1. The van der Waals surface area contributed by atoms with Crippen LogP contribution < -0.4 is 14.2 Å². The summed E-state index contributed by atoms with van der Waals surface area (Å²) in [6.07, 6.45) is 5.29.